The maximum Gasteiger partial charge on any atom is 0.277 e. The Bertz CT molecular complexity index is 2240. The highest BCUT2D eigenvalue weighted by molar-refractivity contribution is 6.03. The van der Waals surface area contributed by atoms with Crippen LogP contribution in [0.25, 0.3) is 11.5 Å². The number of ether oxygens (including phenoxy) is 1. The molecule has 3 fully saturated rings. The van der Waals surface area contributed by atoms with Gasteiger partial charge in [0.1, 0.15) is 29.4 Å². The van der Waals surface area contributed by atoms with Gasteiger partial charge in [0, 0.05) is 64.3 Å². The highest BCUT2D eigenvalue weighted by Gasteiger charge is 2.42. The van der Waals surface area contributed by atoms with E-state index < -0.39 is 23.9 Å². The zero-order valence-corrected chi connectivity index (χ0v) is 36.9. The fourth-order valence-corrected chi connectivity index (χ4v) is 9.18. The lowest BCUT2D eigenvalue weighted by Crippen LogP contribution is -2.56. The molecule has 2 saturated carbocycles. The summed E-state index contributed by atoms with van der Waals surface area (Å²) in [4.78, 5) is 52.5. The summed E-state index contributed by atoms with van der Waals surface area (Å²) >= 11 is 0. The first-order valence-corrected chi connectivity index (χ1v) is 22.5. The molecule has 5 heterocycles. The molecular formula is C46H62N10O7. The third kappa shape index (κ3) is 10.5. The molecule has 2 aliphatic heterocycles. The largest absolute Gasteiger partial charge is 0.444 e. The summed E-state index contributed by atoms with van der Waals surface area (Å²) in [6.45, 7) is 7.47. The van der Waals surface area contributed by atoms with E-state index in [-0.39, 0.29) is 30.0 Å². The molecule has 3 amide bonds. The van der Waals surface area contributed by atoms with Crippen LogP contribution in [0.2, 0.25) is 0 Å². The van der Waals surface area contributed by atoms with Crippen LogP contribution in [-0.2, 0) is 26.3 Å². The molecule has 5 N–H and O–H groups in total. The minimum Gasteiger partial charge on any atom is -0.444 e. The van der Waals surface area contributed by atoms with Gasteiger partial charge < -0.3 is 44.7 Å². The van der Waals surface area contributed by atoms with Crippen LogP contribution in [0, 0.1) is 11.8 Å². The quantitative estimate of drug-likeness (QED) is 0.0602. The molecular weight excluding hydrogens is 805 g/mol. The second-order valence-corrected chi connectivity index (χ2v) is 18.3. The number of fused-ring (bicyclic) bond motifs is 1. The summed E-state index contributed by atoms with van der Waals surface area (Å²) in [6, 6.07) is 9.16. The number of rotatable bonds is 19. The van der Waals surface area contributed by atoms with Crippen LogP contribution >= 0.6 is 0 Å². The number of anilines is 4. The standard InChI is InChI=1S/C46H62N10O7/c1-46(2,61)41-34(49-42(58)35-28-63-44(50-35)32-19-20-47-38(24-32)48-25-29-11-12-29)27-55(52-41)33-15-13-30(14-16-33)26-53(3)21-7-23-62-22-6-9-31-8-5-10-36-40(31)54(4)45(60)56(36)37-17-18-39(57)51-43(37)59/h5,8,10,19-20,24,27-30,33,37,45,60-61H,6-7,9,11-18,21-23,25-26H2,1-4H3,(H,47,48)(H,49,58)(H,51,57,59)/t30-,33-,37?,45?. The number of imide groups is 1. The van der Waals surface area contributed by atoms with Gasteiger partial charge in [0.15, 0.2) is 5.69 Å². The van der Waals surface area contributed by atoms with Gasteiger partial charge in [-0.2, -0.15) is 5.10 Å². The Hall–Kier alpha value is -5.36. The Morgan fingerprint density at radius 1 is 1.06 bits per heavy atom. The van der Waals surface area contributed by atoms with Gasteiger partial charge in [-0.1, -0.05) is 12.1 Å². The second kappa shape index (κ2) is 19.2. The number of para-hydroxylation sites is 1. The first kappa shape index (κ1) is 44.3. The average molecular weight is 867 g/mol. The molecule has 0 radical (unpaired) electrons. The lowest BCUT2D eigenvalue weighted by atomic mass is 9.86. The molecule has 0 spiro atoms. The van der Waals surface area contributed by atoms with E-state index in [1.807, 2.05) is 36.1 Å². The van der Waals surface area contributed by atoms with Crippen molar-refractivity contribution < 1.29 is 33.8 Å². The van der Waals surface area contributed by atoms with E-state index in [0.29, 0.717) is 48.7 Å². The molecule has 1 aromatic carbocycles. The maximum absolute atomic E-state index is 13.4. The molecule has 63 heavy (non-hydrogen) atoms. The number of piperidine rings is 1. The number of amides is 3. The normalized spacial score (nSPS) is 21.5. The Morgan fingerprint density at radius 2 is 1.84 bits per heavy atom. The van der Waals surface area contributed by atoms with Crippen LogP contribution in [0.3, 0.4) is 0 Å². The van der Waals surface area contributed by atoms with Crippen molar-refractivity contribution in [3.8, 4) is 11.5 Å². The minimum atomic E-state index is -1.28. The van der Waals surface area contributed by atoms with Gasteiger partial charge in [-0.3, -0.25) is 24.4 Å². The van der Waals surface area contributed by atoms with Crippen LogP contribution < -0.4 is 25.8 Å². The molecule has 2 aliphatic carbocycles. The Balaban J connectivity index is 0.754. The fraction of sp³-hybridized carbons (Fsp3) is 0.565. The van der Waals surface area contributed by atoms with Crippen molar-refractivity contribution in [2.24, 2.45) is 11.8 Å². The van der Waals surface area contributed by atoms with E-state index in [4.69, 9.17) is 14.3 Å². The van der Waals surface area contributed by atoms with Crippen molar-refractivity contribution in [1.29, 1.82) is 0 Å². The number of aromatic nitrogens is 4. The third-order valence-electron chi connectivity index (χ3n) is 12.8. The predicted octanol–water partition coefficient (Wildman–Crippen LogP) is 5.27. The summed E-state index contributed by atoms with van der Waals surface area (Å²) in [5, 5.41) is 35.6. The van der Waals surface area contributed by atoms with Crippen molar-refractivity contribution in [3.63, 3.8) is 0 Å². The minimum absolute atomic E-state index is 0.129. The molecule has 338 valence electrons. The highest BCUT2D eigenvalue weighted by atomic mass is 16.5. The van der Waals surface area contributed by atoms with Gasteiger partial charge in [0.2, 0.25) is 24.1 Å². The number of nitrogens with zero attached hydrogens (tertiary/aromatic N) is 7. The monoisotopic (exact) mass is 866 g/mol. The average Bonchev–Trinajstić information content (AvgIpc) is 3.65. The van der Waals surface area contributed by atoms with Gasteiger partial charge in [-0.15, -0.1) is 0 Å². The highest BCUT2D eigenvalue weighted by Crippen LogP contribution is 2.43. The molecule has 4 aromatic rings. The Morgan fingerprint density at radius 3 is 2.60 bits per heavy atom. The number of carbonyl (C=O) groups excluding carboxylic acids is 3. The zero-order valence-electron chi connectivity index (χ0n) is 36.9. The van der Waals surface area contributed by atoms with Crippen LogP contribution in [0.5, 0.6) is 0 Å². The molecule has 2 unspecified atom stereocenters. The van der Waals surface area contributed by atoms with E-state index in [1.54, 1.807) is 35.9 Å². The fourth-order valence-electron chi connectivity index (χ4n) is 9.18. The number of nitrogens with one attached hydrogen (secondary N) is 3. The number of aryl methyl sites for hydroxylation is 1. The van der Waals surface area contributed by atoms with E-state index in [2.05, 4.69) is 43.9 Å². The van der Waals surface area contributed by atoms with Crippen LogP contribution in [-0.4, -0.2) is 112 Å². The lowest BCUT2D eigenvalue weighted by molar-refractivity contribution is -0.134. The summed E-state index contributed by atoms with van der Waals surface area (Å²) in [5.41, 5.74) is 3.22. The van der Waals surface area contributed by atoms with Crippen molar-refractivity contribution in [2.45, 2.75) is 109 Å². The van der Waals surface area contributed by atoms with Crippen molar-refractivity contribution in [1.82, 2.24) is 30.0 Å². The summed E-state index contributed by atoms with van der Waals surface area (Å²) in [5.74, 6) is 1.24. The first-order chi connectivity index (χ1) is 30.3. The number of benzene rings is 1. The van der Waals surface area contributed by atoms with Gasteiger partial charge in [0.05, 0.1) is 23.1 Å². The number of hydrogen-bond acceptors (Lipinski definition) is 14. The number of hydrogen-bond donors (Lipinski definition) is 5. The molecule has 8 rings (SSSR count). The lowest BCUT2D eigenvalue weighted by Gasteiger charge is -2.34. The Kier molecular flexibility index (Phi) is 13.5. The van der Waals surface area contributed by atoms with E-state index in [9.17, 15) is 24.6 Å². The van der Waals surface area contributed by atoms with E-state index in [0.717, 1.165) is 92.9 Å². The van der Waals surface area contributed by atoms with Gasteiger partial charge in [-0.25, -0.2) is 9.97 Å². The zero-order chi connectivity index (χ0) is 44.3. The molecule has 17 heteroatoms. The summed E-state index contributed by atoms with van der Waals surface area (Å²) < 4.78 is 13.6. The summed E-state index contributed by atoms with van der Waals surface area (Å²) in [7, 11) is 4.00. The second-order valence-electron chi connectivity index (χ2n) is 18.3. The molecule has 1 saturated heterocycles. The SMILES string of the molecule is CN(CCCOCCCc1cccc2c1N(C)C(O)N2C1CCC(=O)NC1=O)C[C@H]1CC[C@H](n2cc(NC(=O)c3coc(-c4ccnc(NCC5CC5)c4)n3)c(C(C)(C)O)n2)CC1. The maximum atomic E-state index is 13.4. The van der Waals surface area contributed by atoms with Gasteiger partial charge in [-0.05, 0) is 121 Å². The van der Waals surface area contributed by atoms with Crippen LogP contribution in [0.1, 0.15) is 106 Å². The molecule has 3 aromatic heterocycles. The number of aliphatic hydroxyl groups excluding tert-OH is 1. The molecule has 2 atom stereocenters. The van der Waals surface area contributed by atoms with Gasteiger partial charge >= 0.3 is 0 Å². The number of carbonyl (C=O) groups is 3. The smallest absolute Gasteiger partial charge is 0.277 e. The van der Waals surface area contributed by atoms with Crippen LogP contribution in [0.4, 0.5) is 22.9 Å². The van der Waals surface area contributed by atoms with Crippen LogP contribution in [0.15, 0.2) is 53.4 Å². The predicted molar refractivity (Wildman–Crippen MR) is 238 cm³/mol. The van der Waals surface area contributed by atoms with Crippen molar-refractivity contribution in [2.75, 3.05) is 67.4 Å². The van der Waals surface area contributed by atoms with E-state index >= 15 is 0 Å². The van der Waals surface area contributed by atoms with E-state index in [1.165, 1.54) is 19.1 Å². The summed E-state index contributed by atoms with van der Waals surface area (Å²) in [6.07, 6.45) is 13.5. The topological polar surface area (TPSA) is 203 Å². The number of oxazole rings is 1. The molecule has 17 nitrogen and oxygen atoms in total. The molecule has 0 bridgehead atoms. The van der Waals surface area contributed by atoms with Gasteiger partial charge in [0.25, 0.3) is 5.91 Å². The number of aliphatic hydroxyl groups is 2. The van der Waals surface area contributed by atoms with Crippen molar-refractivity contribution in [3.05, 3.63) is 65.9 Å². The molecule has 4 aliphatic rings. The first-order valence-electron chi connectivity index (χ1n) is 22.5. The third-order valence-corrected chi connectivity index (χ3v) is 12.8. The Labute approximate surface area is 368 Å². The van der Waals surface area contributed by atoms with Crippen molar-refractivity contribution >= 4 is 40.6 Å². The number of pyridine rings is 1.